The lowest BCUT2D eigenvalue weighted by Crippen LogP contribution is -2.35. The molecule has 14 heavy (non-hydrogen) atoms. The fraction of sp³-hybridized carbons (Fsp3) is 0.818. The number of carbonyl (C=O) groups excluding carboxylic acids is 2. The molecule has 1 aliphatic carbocycles. The third-order valence-corrected chi connectivity index (χ3v) is 3.41. The van der Waals surface area contributed by atoms with Crippen LogP contribution >= 0.6 is 0 Å². The van der Waals surface area contributed by atoms with Crippen molar-refractivity contribution < 1.29 is 14.3 Å². The second-order valence-electron chi connectivity index (χ2n) is 5.07. The molecule has 0 aromatic rings. The van der Waals surface area contributed by atoms with Gasteiger partial charge in [0.25, 0.3) is 0 Å². The van der Waals surface area contributed by atoms with Crippen LogP contribution in [0.25, 0.3) is 0 Å². The maximum atomic E-state index is 11.6. The quantitative estimate of drug-likeness (QED) is 0.439. The van der Waals surface area contributed by atoms with E-state index >= 15 is 0 Å². The summed E-state index contributed by atoms with van der Waals surface area (Å²) >= 11 is 0. The standard InChI is InChI=1S/C11H16O3/c1-7-3-8(2)5-11(4-7)6-9(12)14-10(11)13/h7-8H,3-6H2,1-2H3. The molecule has 3 heteroatoms. The first-order chi connectivity index (χ1) is 6.52. The Hall–Kier alpha value is -0.860. The lowest BCUT2D eigenvalue weighted by molar-refractivity contribution is -0.156. The Kier molecular flexibility index (Phi) is 2.13. The van der Waals surface area contributed by atoms with Crippen LogP contribution in [0, 0.1) is 17.3 Å². The highest BCUT2D eigenvalue weighted by molar-refractivity contribution is 5.97. The van der Waals surface area contributed by atoms with E-state index in [4.69, 9.17) is 0 Å². The topological polar surface area (TPSA) is 43.4 Å². The van der Waals surface area contributed by atoms with E-state index in [9.17, 15) is 9.59 Å². The Morgan fingerprint density at radius 2 is 1.79 bits per heavy atom. The number of hydrogen-bond acceptors (Lipinski definition) is 3. The van der Waals surface area contributed by atoms with Crippen LogP contribution in [0.5, 0.6) is 0 Å². The van der Waals surface area contributed by atoms with Gasteiger partial charge in [0.05, 0.1) is 11.8 Å². The average Bonchev–Trinajstić information content (AvgIpc) is 2.23. The van der Waals surface area contributed by atoms with E-state index in [2.05, 4.69) is 18.6 Å². The van der Waals surface area contributed by atoms with E-state index in [0.717, 1.165) is 19.3 Å². The Balaban J connectivity index is 2.22. The maximum absolute atomic E-state index is 11.6. The molecule has 2 unspecified atom stereocenters. The Labute approximate surface area is 83.8 Å². The van der Waals surface area contributed by atoms with Crippen molar-refractivity contribution in [3.8, 4) is 0 Å². The second-order valence-corrected chi connectivity index (χ2v) is 5.07. The average molecular weight is 196 g/mol. The van der Waals surface area contributed by atoms with Crippen LogP contribution in [-0.2, 0) is 14.3 Å². The number of ether oxygens (including phenoxy) is 1. The van der Waals surface area contributed by atoms with Crippen molar-refractivity contribution in [3.05, 3.63) is 0 Å². The lowest BCUT2D eigenvalue weighted by Gasteiger charge is -2.36. The summed E-state index contributed by atoms with van der Waals surface area (Å²) < 4.78 is 4.67. The molecule has 1 heterocycles. The summed E-state index contributed by atoms with van der Waals surface area (Å²) in [6.07, 6.45) is 3.10. The molecule has 1 spiro atoms. The van der Waals surface area contributed by atoms with Crippen LogP contribution < -0.4 is 0 Å². The van der Waals surface area contributed by atoms with E-state index in [1.165, 1.54) is 0 Å². The van der Waals surface area contributed by atoms with Crippen molar-refractivity contribution in [3.63, 3.8) is 0 Å². The molecule has 2 fully saturated rings. The van der Waals surface area contributed by atoms with E-state index in [1.54, 1.807) is 0 Å². The number of esters is 2. The monoisotopic (exact) mass is 196 g/mol. The molecule has 1 saturated carbocycles. The summed E-state index contributed by atoms with van der Waals surface area (Å²) in [6.45, 7) is 4.29. The predicted molar refractivity (Wildman–Crippen MR) is 50.3 cm³/mol. The van der Waals surface area contributed by atoms with Crippen LogP contribution in [0.1, 0.15) is 39.5 Å². The van der Waals surface area contributed by atoms with Gasteiger partial charge in [0.1, 0.15) is 0 Å². The SMILES string of the molecule is CC1CC(C)CC2(CC(=O)OC2=O)C1. The smallest absolute Gasteiger partial charge is 0.320 e. The van der Waals surface area contributed by atoms with E-state index in [-0.39, 0.29) is 11.9 Å². The maximum Gasteiger partial charge on any atom is 0.320 e. The minimum atomic E-state index is -0.464. The van der Waals surface area contributed by atoms with Crippen molar-refractivity contribution in [2.75, 3.05) is 0 Å². The zero-order valence-electron chi connectivity index (χ0n) is 8.71. The van der Waals surface area contributed by atoms with Gasteiger partial charge in [-0.05, 0) is 31.1 Å². The molecule has 0 aromatic heterocycles. The van der Waals surface area contributed by atoms with Crippen LogP contribution in [0.4, 0.5) is 0 Å². The molecule has 0 aromatic carbocycles. The summed E-state index contributed by atoms with van der Waals surface area (Å²) in [7, 11) is 0. The molecule has 1 saturated heterocycles. The van der Waals surface area contributed by atoms with Gasteiger partial charge in [-0.1, -0.05) is 13.8 Å². The minimum Gasteiger partial charge on any atom is -0.393 e. The highest BCUT2D eigenvalue weighted by Gasteiger charge is 2.52. The first-order valence-corrected chi connectivity index (χ1v) is 5.27. The Morgan fingerprint density at radius 1 is 1.21 bits per heavy atom. The number of hydrogen-bond donors (Lipinski definition) is 0. The van der Waals surface area contributed by atoms with Crippen LogP contribution in [0.15, 0.2) is 0 Å². The first-order valence-electron chi connectivity index (χ1n) is 5.27. The van der Waals surface area contributed by atoms with Crippen LogP contribution in [-0.4, -0.2) is 11.9 Å². The molecule has 3 nitrogen and oxygen atoms in total. The largest absolute Gasteiger partial charge is 0.393 e. The summed E-state index contributed by atoms with van der Waals surface area (Å²) in [5, 5.41) is 0. The van der Waals surface area contributed by atoms with Gasteiger partial charge >= 0.3 is 11.9 Å². The molecule has 1 aliphatic heterocycles. The van der Waals surface area contributed by atoms with Crippen molar-refractivity contribution in [2.45, 2.75) is 39.5 Å². The van der Waals surface area contributed by atoms with Crippen molar-refractivity contribution in [2.24, 2.45) is 17.3 Å². The van der Waals surface area contributed by atoms with Gasteiger partial charge in [-0.25, -0.2) is 0 Å². The zero-order valence-corrected chi connectivity index (χ0v) is 8.71. The minimum absolute atomic E-state index is 0.277. The van der Waals surface area contributed by atoms with Crippen molar-refractivity contribution in [1.82, 2.24) is 0 Å². The van der Waals surface area contributed by atoms with E-state index in [1.807, 2.05) is 0 Å². The lowest BCUT2D eigenvalue weighted by atomic mass is 9.65. The highest BCUT2D eigenvalue weighted by atomic mass is 16.6. The fourth-order valence-electron chi connectivity index (χ4n) is 3.18. The summed E-state index contributed by atoms with van der Waals surface area (Å²) in [6, 6.07) is 0. The zero-order chi connectivity index (χ0) is 10.3. The molecule has 0 bridgehead atoms. The third kappa shape index (κ3) is 1.45. The molecule has 2 rings (SSSR count). The Morgan fingerprint density at radius 3 is 2.21 bits per heavy atom. The molecule has 0 amide bonds. The Bertz CT molecular complexity index is 272. The molecule has 0 radical (unpaired) electrons. The summed E-state index contributed by atoms with van der Waals surface area (Å²) in [4.78, 5) is 22.7. The van der Waals surface area contributed by atoms with Gasteiger partial charge in [0, 0.05) is 0 Å². The van der Waals surface area contributed by atoms with E-state index < -0.39 is 5.41 Å². The summed E-state index contributed by atoms with van der Waals surface area (Å²) in [5.74, 6) is 0.437. The fourth-order valence-corrected chi connectivity index (χ4v) is 3.18. The van der Waals surface area contributed by atoms with Gasteiger partial charge in [0.2, 0.25) is 0 Å². The van der Waals surface area contributed by atoms with Crippen molar-refractivity contribution >= 4 is 11.9 Å². The second kappa shape index (κ2) is 3.07. The van der Waals surface area contributed by atoms with Crippen LogP contribution in [0.2, 0.25) is 0 Å². The van der Waals surface area contributed by atoms with Gasteiger partial charge in [0.15, 0.2) is 0 Å². The number of cyclic esters (lactones) is 2. The molecule has 0 N–H and O–H groups in total. The molecule has 2 aliphatic rings. The van der Waals surface area contributed by atoms with Gasteiger partial charge in [-0.15, -0.1) is 0 Å². The van der Waals surface area contributed by atoms with Gasteiger partial charge in [-0.2, -0.15) is 0 Å². The van der Waals surface area contributed by atoms with Gasteiger partial charge in [-0.3, -0.25) is 9.59 Å². The predicted octanol–water partition coefficient (Wildman–Crippen LogP) is 1.90. The molecule has 78 valence electrons. The number of rotatable bonds is 0. The highest BCUT2D eigenvalue weighted by Crippen LogP contribution is 2.48. The molecular formula is C11H16O3. The third-order valence-electron chi connectivity index (χ3n) is 3.41. The van der Waals surface area contributed by atoms with Gasteiger partial charge < -0.3 is 4.74 Å². The first kappa shape index (κ1) is 9.69. The molecule has 2 atom stereocenters. The molecular weight excluding hydrogens is 180 g/mol. The van der Waals surface area contributed by atoms with Crippen molar-refractivity contribution in [1.29, 1.82) is 0 Å². The number of carbonyl (C=O) groups is 2. The normalized spacial score (nSPS) is 43.0. The van der Waals surface area contributed by atoms with E-state index in [0.29, 0.717) is 18.3 Å². The van der Waals surface area contributed by atoms with Crippen LogP contribution in [0.3, 0.4) is 0 Å². The summed E-state index contributed by atoms with van der Waals surface area (Å²) in [5.41, 5.74) is -0.464.